The van der Waals surface area contributed by atoms with E-state index in [1.165, 1.54) is 6.08 Å². The summed E-state index contributed by atoms with van der Waals surface area (Å²) in [4.78, 5) is 15.5. The van der Waals surface area contributed by atoms with Gasteiger partial charge >= 0.3 is 6.18 Å². The molecule has 1 N–H and O–H groups in total. The van der Waals surface area contributed by atoms with E-state index in [-0.39, 0.29) is 16.8 Å². The van der Waals surface area contributed by atoms with E-state index in [1.54, 1.807) is 18.2 Å². The second-order valence-electron chi connectivity index (χ2n) is 6.14. The van der Waals surface area contributed by atoms with Gasteiger partial charge in [-0.15, -0.1) is 0 Å². The van der Waals surface area contributed by atoms with Crippen LogP contribution in [0.1, 0.15) is 28.9 Å². The van der Waals surface area contributed by atoms with Crippen LogP contribution in [0.25, 0.3) is 0 Å². The Morgan fingerprint density at radius 1 is 1.13 bits per heavy atom. The number of halogens is 6. The van der Waals surface area contributed by atoms with Crippen molar-refractivity contribution < 1.29 is 27.4 Å². The lowest BCUT2D eigenvalue weighted by Gasteiger charge is -2.10. The third-order valence-electron chi connectivity index (χ3n) is 3.83. The minimum atomic E-state index is -4.49. The molecule has 5 nitrogen and oxygen atoms in total. The van der Waals surface area contributed by atoms with Gasteiger partial charge in [0.2, 0.25) is 0 Å². The molecule has 168 valence electrons. The number of pyridine rings is 1. The molecule has 2 aromatic rings. The summed E-state index contributed by atoms with van der Waals surface area (Å²) in [7, 11) is 0. The van der Waals surface area contributed by atoms with Gasteiger partial charge in [0.25, 0.3) is 5.91 Å². The number of alkyl halides is 3. The Labute approximate surface area is 192 Å². The lowest BCUT2D eigenvalue weighted by Crippen LogP contribution is -2.25. The number of carbonyl (C=O) groups is 1. The number of benzene rings is 1. The summed E-state index contributed by atoms with van der Waals surface area (Å²) in [6.07, 6.45) is -1.14. The smallest absolute Gasteiger partial charge is 0.417 e. The molecule has 0 unspecified atom stereocenters. The molecule has 0 saturated carbocycles. The molecule has 1 aromatic heterocycles. The molecule has 0 bridgehead atoms. The fourth-order valence-electron chi connectivity index (χ4n) is 2.29. The summed E-state index contributed by atoms with van der Waals surface area (Å²) in [5.74, 6) is 0.475. The highest BCUT2D eigenvalue weighted by molar-refractivity contribution is 6.55. The molecule has 0 aliphatic rings. The summed E-state index contributed by atoms with van der Waals surface area (Å²) >= 11 is 17.1. The van der Waals surface area contributed by atoms with E-state index in [0.29, 0.717) is 48.7 Å². The van der Waals surface area contributed by atoms with Crippen LogP contribution in [0, 0.1) is 0 Å². The van der Waals surface area contributed by atoms with E-state index < -0.39 is 17.6 Å². The maximum absolute atomic E-state index is 12.5. The minimum Gasteiger partial charge on any atom is -0.494 e. The van der Waals surface area contributed by atoms with Crippen molar-refractivity contribution in [2.24, 2.45) is 0 Å². The van der Waals surface area contributed by atoms with Crippen LogP contribution in [0.15, 0.2) is 47.1 Å². The van der Waals surface area contributed by atoms with Crippen molar-refractivity contribution in [1.82, 2.24) is 10.3 Å². The molecule has 11 heteroatoms. The molecule has 0 aliphatic heterocycles. The zero-order valence-corrected chi connectivity index (χ0v) is 18.3. The van der Waals surface area contributed by atoms with Crippen LogP contribution in [0.3, 0.4) is 0 Å². The number of carbonyl (C=O) groups excluding carboxylic acids is 1. The van der Waals surface area contributed by atoms with Gasteiger partial charge in [0.1, 0.15) is 28.3 Å². The van der Waals surface area contributed by atoms with Gasteiger partial charge in [0, 0.05) is 18.8 Å². The zero-order valence-electron chi connectivity index (χ0n) is 16.0. The molecule has 0 spiro atoms. The molecule has 0 aliphatic carbocycles. The average molecular weight is 498 g/mol. The summed E-state index contributed by atoms with van der Waals surface area (Å²) < 4.78 is 48.6. The van der Waals surface area contributed by atoms with Crippen molar-refractivity contribution in [3.05, 3.63) is 63.4 Å². The first-order valence-corrected chi connectivity index (χ1v) is 10.2. The van der Waals surface area contributed by atoms with Crippen LogP contribution in [-0.4, -0.2) is 30.6 Å². The Balaban J connectivity index is 1.67. The van der Waals surface area contributed by atoms with Crippen molar-refractivity contribution in [3.8, 4) is 11.5 Å². The number of hydrogen-bond acceptors (Lipinski definition) is 4. The summed E-state index contributed by atoms with van der Waals surface area (Å²) in [6.45, 7) is 0.889. The number of nitrogens with one attached hydrogen (secondary N) is 1. The lowest BCUT2D eigenvalue weighted by molar-refractivity contribution is -0.137. The fraction of sp³-hybridized carbons (Fsp3) is 0.300. The van der Waals surface area contributed by atoms with Crippen molar-refractivity contribution in [2.45, 2.75) is 19.0 Å². The van der Waals surface area contributed by atoms with Crippen molar-refractivity contribution in [1.29, 1.82) is 0 Å². The monoisotopic (exact) mass is 496 g/mol. The van der Waals surface area contributed by atoms with E-state index in [9.17, 15) is 18.0 Å². The first kappa shape index (κ1) is 25.1. The third kappa shape index (κ3) is 8.85. The van der Waals surface area contributed by atoms with Gasteiger partial charge in [-0.3, -0.25) is 9.78 Å². The molecule has 1 heterocycles. The molecule has 0 radical (unpaired) electrons. The van der Waals surface area contributed by atoms with Crippen LogP contribution < -0.4 is 14.8 Å². The summed E-state index contributed by atoms with van der Waals surface area (Å²) in [6, 6.07) is 6.83. The Morgan fingerprint density at radius 2 is 1.90 bits per heavy atom. The van der Waals surface area contributed by atoms with Gasteiger partial charge in [-0.05, 0) is 43.2 Å². The number of nitrogens with zero attached hydrogens (tertiary/aromatic N) is 1. The molecular weight excluding hydrogens is 480 g/mol. The number of hydrogen-bond donors (Lipinski definition) is 1. The van der Waals surface area contributed by atoms with Crippen molar-refractivity contribution in [3.63, 3.8) is 0 Å². The summed E-state index contributed by atoms with van der Waals surface area (Å²) in [5, 5.41) is 2.97. The van der Waals surface area contributed by atoms with E-state index in [0.717, 1.165) is 12.1 Å². The molecule has 0 saturated heterocycles. The predicted molar refractivity (Wildman–Crippen MR) is 113 cm³/mol. The van der Waals surface area contributed by atoms with Gasteiger partial charge < -0.3 is 14.8 Å². The maximum atomic E-state index is 12.5. The van der Waals surface area contributed by atoms with E-state index in [2.05, 4.69) is 10.3 Å². The van der Waals surface area contributed by atoms with Crippen molar-refractivity contribution in [2.75, 3.05) is 19.8 Å². The van der Waals surface area contributed by atoms with E-state index in [4.69, 9.17) is 44.3 Å². The van der Waals surface area contributed by atoms with Gasteiger partial charge in [-0.1, -0.05) is 34.8 Å². The summed E-state index contributed by atoms with van der Waals surface area (Å²) in [5.41, 5.74) is -0.984. The normalized spacial score (nSPS) is 11.0. The molecule has 31 heavy (non-hydrogen) atoms. The zero-order chi connectivity index (χ0) is 22.9. The number of aromatic nitrogens is 1. The largest absolute Gasteiger partial charge is 0.494 e. The average Bonchev–Trinajstić information content (AvgIpc) is 2.71. The topological polar surface area (TPSA) is 60.5 Å². The first-order valence-electron chi connectivity index (χ1n) is 9.04. The third-order valence-corrected chi connectivity index (χ3v) is 4.43. The fourth-order valence-corrected chi connectivity index (χ4v) is 2.64. The number of unbranched alkanes of at least 4 members (excludes halogenated alkanes) is 1. The molecule has 0 atom stereocenters. The highest BCUT2D eigenvalue weighted by Crippen LogP contribution is 2.29. The first-order chi connectivity index (χ1) is 14.7. The highest BCUT2D eigenvalue weighted by Gasteiger charge is 2.30. The SMILES string of the molecule is O=C(NCCCCOc1ccc(OCC=C(Cl)Cl)c(Cl)c1)c1ccc(C(F)(F)F)cn1. The van der Waals surface area contributed by atoms with E-state index >= 15 is 0 Å². The lowest BCUT2D eigenvalue weighted by atomic mass is 10.2. The second-order valence-corrected chi connectivity index (χ2v) is 7.55. The minimum absolute atomic E-state index is 0.0787. The quantitative estimate of drug-likeness (QED) is 0.407. The molecule has 0 fully saturated rings. The molecular formula is C20H18Cl3F3N2O3. The van der Waals surface area contributed by atoms with Gasteiger partial charge in [0.05, 0.1) is 17.2 Å². The van der Waals surface area contributed by atoms with Crippen LogP contribution in [0.2, 0.25) is 5.02 Å². The molecule has 1 aromatic carbocycles. The Morgan fingerprint density at radius 3 is 2.52 bits per heavy atom. The Bertz CT molecular complexity index is 903. The highest BCUT2D eigenvalue weighted by atomic mass is 35.5. The van der Waals surface area contributed by atoms with Crippen LogP contribution in [-0.2, 0) is 6.18 Å². The molecule has 1 amide bonds. The van der Waals surface area contributed by atoms with Gasteiger partial charge in [-0.25, -0.2) is 0 Å². The van der Waals surface area contributed by atoms with Crippen LogP contribution in [0.4, 0.5) is 13.2 Å². The van der Waals surface area contributed by atoms with E-state index in [1.807, 2.05) is 0 Å². The van der Waals surface area contributed by atoms with Crippen LogP contribution >= 0.6 is 34.8 Å². The second kappa shape index (κ2) is 12.0. The molecule has 2 rings (SSSR count). The standard InChI is InChI=1S/C20H18Cl3F3N2O3/c21-15-11-14(4-6-17(15)31-10-7-18(22)23)30-9-2-1-8-27-19(29)16-5-3-13(12-28-16)20(24,25)26/h3-7,11-12H,1-2,8-10H2,(H,27,29). The Hall–Kier alpha value is -2.16. The number of rotatable bonds is 10. The van der Waals surface area contributed by atoms with Crippen molar-refractivity contribution >= 4 is 40.7 Å². The van der Waals surface area contributed by atoms with Gasteiger partial charge in [-0.2, -0.15) is 13.2 Å². The number of ether oxygens (including phenoxy) is 2. The predicted octanol–water partition coefficient (Wildman–Crippen LogP) is 6.04. The Kier molecular flexibility index (Phi) is 9.74. The number of amides is 1. The maximum Gasteiger partial charge on any atom is 0.417 e. The van der Waals surface area contributed by atoms with Crippen LogP contribution in [0.5, 0.6) is 11.5 Å². The van der Waals surface area contributed by atoms with Gasteiger partial charge in [0.15, 0.2) is 0 Å².